The average molecular weight is 345 g/mol. The molecule has 0 spiro atoms. The number of likely N-dealkylation sites (tertiary alicyclic amines) is 1. The molecule has 1 unspecified atom stereocenters. The SMILES string of the molecule is CSc1nnc(C2CCCN(C(=O)NCc3ccccc3)C2)n1C. The minimum absolute atomic E-state index is 0.00388. The Kier molecular flexibility index (Phi) is 5.40. The molecule has 6 nitrogen and oxygen atoms in total. The van der Waals surface area contributed by atoms with E-state index in [-0.39, 0.29) is 11.9 Å². The normalized spacial score (nSPS) is 17.8. The molecule has 1 aliphatic rings. The van der Waals surface area contributed by atoms with Gasteiger partial charge in [-0.15, -0.1) is 10.2 Å². The first kappa shape index (κ1) is 16.8. The summed E-state index contributed by atoms with van der Waals surface area (Å²) in [6.07, 6.45) is 4.03. The van der Waals surface area contributed by atoms with Gasteiger partial charge in [-0.1, -0.05) is 42.1 Å². The van der Waals surface area contributed by atoms with Gasteiger partial charge in [-0.05, 0) is 24.7 Å². The summed E-state index contributed by atoms with van der Waals surface area (Å²) in [4.78, 5) is 14.4. The number of urea groups is 1. The lowest BCUT2D eigenvalue weighted by atomic mass is 9.97. The third-order valence-corrected chi connectivity index (χ3v) is 5.13. The molecule has 2 aromatic rings. The maximum Gasteiger partial charge on any atom is 0.317 e. The van der Waals surface area contributed by atoms with Crippen molar-refractivity contribution in [3.05, 3.63) is 41.7 Å². The third-order valence-electron chi connectivity index (χ3n) is 4.41. The number of thioether (sulfide) groups is 1. The molecule has 7 heteroatoms. The smallest absolute Gasteiger partial charge is 0.317 e. The van der Waals surface area contributed by atoms with E-state index in [4.69, 9.17) is 0 Å². The van der Waals surface area contributed by atoms with Crippen molar-refractivity contribution in [1.82, 2.24) is 25.0 Å². The van der Waals surface area contributed by atoms with E-state index in [0.29, 0.717) is 13.1 Å². The lowest BCUT2D eigenvalue weighted by Gasteiger charge is -2.32. The summed E-state index contributed by atoms with van der Waals surface area (Å²) in [6.45, 7) is 2.05. The molecule has 24 heavy (non-hydrogen) atoms. The molecule has 0 radical (unpaired) electrons. The Labute approximate surface area is 146 Å². The summed E-state index contributed by atoms with van der Waals surface area (Å²) in [5.41, 5.74) is 1.11. The molecule has 2 heterocycles. The quantitative estimate of drug-likeness (QED) is 0.865. The van der Waals surface area contributed by atoms with E-state index >= 15 is 0 Å². The molecule has 1 aromatic carbocycles. The van der Waals surface area contributed by atoms with E-state index in [1.807, 2.05) is 53.1 Å². The van der Waals surface area contributed by atoms with E-state index in [2.05, 4.69) is 15.5 Å². The van der Waals surface area contributed by atoms with Crippen molar-refractivity contribution in [2.75, 3.05) is 19.3 Å². The first-order valence-electron chi connectivity index (χ1n) is 8.19. The van der Waals surface area contributed by atoms with Crippen LogP contribution in [0.4, 0.5) is 4.79 Å². The topological polar surface area (TPSA) is 63.1 Å². The van der Waals surface area contributed by atoms with Crippen LogP contribution >= 0.6 is 11.8 Å². The summed E-state index contributed by atoms with van der Waals surface area (Å²) in [5, 5.41) is 12.5. The van der Waals surface area contributed by atoms with Crippen molar-refractivity contribution in [2.24, 2.45) is 7.05 Å². The lowest BCUT2D eigenvalue weighted by Crippen LogP contribution is -2.45. The summed E-state index contributed by atoms with van der Waals surface area (Å²) < 4.78 is 2.04. The number of carbonyl (C=O) groups excluding carboxylic acids is 1. The van der Waals surface area contributed by atoms with Crippen LogP contribution in [-0.4, -0.2) is 45.0 Å². The highest BCUT2D eigenvalue weighted by atomic mass is 32.2. The van der Waals surface area contributed by atoms with Gasteiger partial charge in [0.15, 0.2) is 5.16 Å². The van der Waals surface area contributed by atoms with E-state index in [0.717, 1.165) is 35.9 Å². The third kappa shape index (κ3) is 3.72. The molecule has 1 fully saturated rings. The van der Waals surface area contributed by atoms with Crippen LogP contribution in [0.25, 0.3) is 0 Å². The van der Waals surface area contributed by atoms with E-state index in [1.165, 1.54) is 0 Å². The number of piperidine rings is 1. The molecule has 0 aliphatic carbocycles. The zero-order chi connectivity index (χ0) is 16.9. The Morgan fingerprint density at radius 3 is 2.83 bits per heavy atom. The number of nitrogens with one attached hydrogen (secondary N) is 1. The van der Waals surface area contributed by atoms with Crippen LogP contribution in [0, 0.1) is 0 Å². The summed E-state index contributed by atoms with van der Waals surface area (Å²) >= 11 is 1.59. The van der Waals surface area contributed by atoms with Crippen LogP contribution in [0.2, 0.25) is 0 Å². The second-order valence-electron chi connectivity index (χ2n) is 6.03. The summed E-state index contributed by atoms with van der Waals surface area (Å²) in [6, 6.07) is 9.97. The predicted octanol–water partition coefficient (Wildman–Crippen LogP) is 2.63. The molecule has 1 atom stereocenters. The molecular weight excluding hydrogens is 322 g/mol. The maximum absolute atomic E-state index is 12.5. The highest BCUT2D eigenvalue weighted by Crippen LogP contribution is 2.27. The van der Waals surface area contributed by atoms with Crippen molar-refractivity contribution in [3.63, 3.8) is 0 Å². The van der Waals surface area contributed by atoms with Gasteiger partial charge in [0.05, 0.1) is 0 Å². The number of carbonyl (C=O) groups is 1. The Morgan fingerprint density at radius 1 is 1.33 bits per heavy atom. The fraction of sp³-hybridized carbons (Fsp3) is 0.471. The number of nitrogens with zero attached hydrogens (tertiary/aromatic N) is 4. The molecule has 3 rings (SSSR count). The van der Waals surface area contributed by atoms with Gasteiger partial charge >= 0.3 is 6.03 Å². The van der Waals surface area contributed by atoms with Crippen LogP contribution in [-0.2, 0) is 13.6 Å². The Morgan fingerprint density at radius 2 is 2.12 bits per heavy atom. The number of aromatic nitrogens is 3. The van der Waals surface area contributed by atoms with Gasteiger partial charge in [-0.2, -0.15) is 0 Å². The zero-order valence-corrected chi connectivity index (χ0v) is 14.9. The van der Waals surface area contributed by atoms with Gasteiger partial charge in [0, 0.05) is 32.6 Å². The van der Waals surface area contributed by atoms with Crippen molar-refractivity contribution in [3.8, 4) is 0 Å². The van der Waals surface area contributed by atoms with Crippen LogP contribution in [0.5, 0.6) is 0 Å². The predicted molar refractivity (Wildman–Crippen MR) is 95.0 cm³/mol. The Hall–Kier alpha value is -2.02. The largest absolute Gasteiger partial charge is 0.334 e. The second kappa shape index (κ2) is 7.70. The molecule has 1 aliphatic heterocycles. The van der Waals surface area contributed by atoms with Crippen LogP contribution in [0.15, 0.2) is 35.5 Å². The molecule has 2 amide bonds. The van der Waals surface area contributed by atoms with Crippen LogP contribution in [0.1, 0.15) is 30.1 Å². The number of benzene rings is 1. The van der Waals surface area contributed by atoms with Gasteiger partial charge in [-0.25, -0.2) is 4.79 Å². The van der Waals surface area contributed by atoms with E-state index < -0.39 is 0 Å². The number of hydrogen-bond acceptors (Lipinski definition) is 4. The molecule has 1 N–H and O–H groups in total. The van der Waals surface area contributed by atoms with Crippen molar-refractivity contribution >= 4 is 17.8 Å². The van der Waals surface area contributed by atoms with Crippen LogP contribution < -0.4 is 5.32 Å². The van der Waals surface area contributed by atoms with Gasteiger partial charge < -0.3 is 14.8 Å². The summed E-state index contributed by atoms with van der Waals surface area (Å²) in [5.74, 6) is 1.22. The van der Waals surface area contributed by atoms with Gasteiger partial charge in [0.2, 0.25) is 0 Å². The minimum atomic E-state index is -0.00388. The van der Waals surface area contributed by atoms with Gasteiger partial charge in [0.1, 0.15) is 5.82 Å². The van der Waals surface area contributed by atoms with Crippen molar-refractivity contribution in [1.29, 1.82) is 0 Å². The van der Waals surface area contributed by atoms with E-state index in [9.17, 15) is 4.79 Å². The van der Waals surface area contributed by atoms with Gasteiger partial charge in [0.25, 0.3) is 0 Å². The van der Waals surface area contributed by atoms with Crippen LogP contribution in [0.3, 0.4) is 0 Å². The molecule has 128 valence electrons. The van der Waals surface area contributed by atoms with Crippen molar-refractivity contribution < 1.29 is 4.79 Å². The second-order valence-corrected chi connectivity index (χ2v) is 6.81. The number of rotatable bonds is 4. The summed E-state index contributed by atoms with van der Waals surface area (Å²) in [7, 11) is 2.00. The monoisotopic (exact) mass is 345 g/mol. The van der Waals surface area contributed by atoms with Crippen molar-refractivity contribution in [2.45, 2.75) is 30.5 Å². The highest BCUT2D eigenvalue weighted by Gasteiger charge is 2.28. The maximum atomic E-state index is 12.5. The average Bonchev–Trinajstić information content (AvgIpc) is 3.01. The number of hydrogen-bond donors (Lipinski definition) is 1. The molecule has 0 saturated carbocycles. The molecular formula is C17H23N5OS. The fourth-order valence-corrected chi connectivity index (χ4v) is 3.61. The zero-order valence-electron chi connectivity index (χ0n) is 14.1. The highest BCUT2D eigenvalue weighted by molar-refractivity contribution is 7.98. The first-order chi connectivity index (χ1) is 11.7. The van der Waals surface area contributed by atoms with Gasteiger partial charge in [-0.3, -0.25) is 0 Å². The lowest BCUT2D eigenvalue weighted by molar-refractivity contribution is 0.177. The standard InChI is InChI=1S/C17H23N5OS/c1-21-15(19-20-17(21)24-2)14-9-6-10-22(12-14)16(23)18-11-13-7-4-3-5-8-13/h3-5,7-8,14H,6,9-12H2,1-2H3,(H,18,23). The van der Waals surface area contributed by atoms with E-state index in [1.54, 1.807) is 11.8 Å². The minimum Gasteiger partial charge on any atom is -0.334 e. The Bertz CT molecular complexity index is 688. The molecule has 0 bridgehead atoms. The Balaban J connectivity index is 1.60. The molecule has 1 saturated heterocycles. The first-order valence-corrected chi connectivity index (χ1v) is 9.41. The molecule has 1 aromatic heterocycles. The number of amides is 2. The fourth-order valence-electron chi connectivity index (χ4n) is 3.12.